The Balaban J connectivity index is 1.12. The van der Waals surface area contributed by atoms with E-state index in [4.69, 9.17) is 0 Å². The minimum atomic E-state index is 0.0764. The largest absolute Gasteiger partial charge is 0.311 e. The van der Waals surface area contributed by atoms with Gasteiger partial charge < -0.3 is 9.80 Å². The molecule has 294 valence electrons. The van der Waals surface area contributed by atoms with Gasteiger partial charge in [0, 0.05) is 34.1 Å². The molecule has 0 fully saturated rings. The van der Waals surface area contributed by atoms with Crippen LogP contribution in [0.15, 0.2) is 206 Å². The lowest BCUT2D eigenvalue weighted by molar-refractivity contribution is 0.590. The lowest BCUT2D eigenvalue weighted by Gasteiger charge is -2.29. The first kappa shape index (κ1) is 38.6. The molecule has 0 atom stereocenters. The molecular weight excluding hydrogens is 725 g/mol. The highest BCUT2D eigenvalue weighted by Gasteiger charge is 2.21. The molecule has 0 bridgehead atoms. The van der Waals surface area contributed by atoms with E-state index >= 15 is 0 Å². The molecule has 2 nitrogen and oxygen atoms in total. The Bertz CT molecular complexity index is 2770. The van der Waals surface area contributed by atoms with E-state index < -0.39 is 0 Å². The first-order valence-corrected chi connectivity index (χ1v) is 21.1. The zero-order chi connectivity index (χ0) is 41.4. The van der Waals surface area contributed by atoms with Gasteiger partial charge in [0.25, 0.3) is 0 Å². The average molecular weight is 777 g/mol. The van der Waals surface area contributed by atoms with Crippen LogP contribution in [0.3, 0.4) is 0 Å². The van der Waals surface area contributed by atoms with E-state index in [9.17, 15) is 0 Å². The third-order valence-electron chi connectivity index (χ3n) is 11.8. The standard InChI is InChI=1S/C58H52N2/c1-57(2,3)43-27-33-47(34-28-43)60(48-35-29-44(30-36-48)58(4,5)6)50-39-37-49(38-40-50)59(45-19-11-8-12-20-45)46-31-25-42(26-32-46)56-53-23-15-13-21-51(53)55(41-17-9-7-10-18-41)52-22-14-16-24-54(52)56/h7-40H,1-6H3. The van der Waals surface area contributed by atoms with Crippen molar-refractivity contribution in [1.82, 2.24) is 0 Å². The number of hydrogen-bond donors (Lipinski definition) is 0. The molecule has 9 aromatic rings. The number of fused-ring (bicyclic) bond motifs is 2. The molecule has 0 aromatic heterocycles. The summed E-state index contributed by atoms with van der Waals surface area (Å²) < 4.78 is 0. The lowest BCUT2D eigenvalue weighted by atomic mass is 9.86. The van der Waals surface area contributed by atoms with Crippen LogP contribution in [0.4, 0.5) is 34.1 Å². The Hall–Kier alpha value is -6.90. The van der Waals surface area contributed by atoms with Crippen molar-refractivity contribution in [2.45, 2.75) is 52.4 Å². The SMILES string of the molecule is CC(C)(C)c1ccc(N(c2ccc(N(c3ccccc3)c3ccc(-c4c5ccccc5c(-c5ccccc5)c5ccccc45)cc3)cc2)c2ccc(C(C)(C)C)cc2)cc1. The molecule has 0 amide bonds. The van der Waals surface area contributed by atoms with Gasteiger partial charge in [-0.3, -0.25) is 0 Å². The predicted molar refractivity (Wildman–Crippen MR) is 259 cm³/mol. The summed E-state index contributed by atoms with van der Waals surface area (Å²) >= 11 is 0. The van der Waals surface area contributed by atoms with Crippen LogP contribution in [-0.2, 0) is 10.8 Å². The fraction of sp³-hybridized carbons (Fsp3) is 0.138. The van der Waals surface area contributed by atoms with Gasteiger partial charge in [-0.05, 0) is 139 Å². The number of benzene rings is 9. The highest BCUT2D eigenvalue weighted by molar-refractivity contribution is 6.21. The van der Waals surface area contributed by atoms with E-state index in [1.54, 1.807) is 0 Å². The molecule has 9 aromatic carbocycles. The zero-order valence-electron chi connectivity index (χ0n) is 35.5. The maximum Gasteiger partial charge on any atom is 0.0463 e. The minimum Gasteiger partial charge on any atom is -0.311 e. The summed E-state index contributed by atoms with van der Waals surface area (Å²) in [5.41, 5.74) is 14.4. The minimum absolute atomic E-state index is 0.0764. The first-order valence-electron chi connectivity index (χ1n) is 21.1. The third-order valence-corrected chi connectivity index (χ3v) is 11.8. The first-order chi connectivity index (χ1) is 29.0. The fourth-order valence-corrected chi connectivity index (χ4v) is 8.58. The second-order valence-corrected chi connectivity index (χ2v) is 17.9. The van der Waals surface area contributed by atoms with Gasteiger partial charge >= 0.3 is 0 Å². The molecule has 0 aliphatic heterocycles. The van der Waals surface area contributed by atoms with Crippen LogP contribution in [0.5, 0.6) is 0 Å². The van der Waals surface area contributed by atoms with E-state index in [1.165, 1.54) is 54.9 Å². The Morgan fingerprint density at radius 3 is 0.833 bits per heavy atom. The molecule has 0 aliphatic carbocycles. The molecule has 0 unspecified atom stereocenters. The highest BCUT2D eigenvalue weighted by atomic mass is 15.2. The monoisotopic (exact) mass is 776 g/mol. The topological polar surface area (TPSA) is 6.48 Å². The molecule has 0 spiro atoms. The van der Waals surface area contributed by atoms with Gasteiger partial charge in [-0.1, -0.05) is 175 Å². The second-order valence-electron chi connectivity index (χ2n) is 17.9. The number of nitrogens with zero attached hydrogens (tertiary/aromatic N) is 2. The Morgan fingerprint density at radius 2 is 0.500 bits per heavy atom. The molecule has 60 heavy (non-hydrogen) atoms. The van der Waals surface area contributed by atoms with Gasteiger partial charge in [-0.25, -0.2) is 0 Å². The van der Waals surface area contributed by atoms with Crippen LogP contribution in [0.2, 0.25) is 0 Å². The summed E-state index contributed by atoms with van der Waals surface area (Å²) in [5, 5.41) is 5.03. The molecule has 0 heterocycles. The van der Waals surface area contributed by atoms with Crippen molar-refractivity contribution >= 4 is 55.7 Å². The number of rotatable bonds is 8. The fourth-order valence-electron chi connectivity index (χ4n) is 8.58. The van der Waals surface area contributed by atoms with Crippen molar-refractivity contribution in [3.8, 4) is 22.3 Å². The average Bonchev–Trinajstić information content (AvgIpc) is 3.27. The van der Waals surface area contributed by atoms with Crippen molar-refractivity contribution in [1.29, 1.82) is 0 Å². The predicted octanol–water partition coefficient (Wildman–Crippen LogP) is 16.9. The molecule has 0 radical (unpaired) electrons. The van der Waals surface area contributed by atoms with Gasteiger partial charge in [0.1, 0.15) is 0 Å². The summed E-state index contributed by atoms with van der Waals surface area (Å²) in [6.45, 7) is 13.6. The molecule has 9 rings (SSSR count). The Kier molecular flexibility index (Phi) is 10.1. The van der Waals surface area contributed by atoms with E-state index in [0.29, 0.717) is 0 Å². The highest BCUT2D eigenvalue weighted by Crippen LogP contribution is 2.45. The van der Waals surface area contributed by atoms with Crippen LogP contribution in [0, 0.1) is 0 Å². The van der Waals surface area contributed by atoms with Crippen LogP contribution in [0.25, 0.3) is 43.8 Å². The lowest BCUT2D eigenvalue weighted by Crippen LogP contribution is -2.14. The van der Waals surface area contributed by atoms with E-state index in [1.807, 2.05) is 0 Å². The number of hydrogen-bond acceptors (Lipinski definition) is 2. The number of para-hydroxylation sites is 1. The van der Waals surface area contributed by atoms with E-state index in [2.05, 4.69) is 258 Å². The van der Waals surface area contributed by atoms with Gasteiger partial charge in [0.2, 0.25) is 0 Å². The molecule has 2 heteroatoms. The Morgan fingerprint density at radius 1 is 0.250 bits per heavy atom. The molecular formula is C58H52N2. The van der Waals surface area contributed by atoms with Crippen LogP contribution >= 0.6 is 0 Å². The van der Waals surface area contributed by atoms with Gasteiger partial charge in [0.15, 0.2) is 0 Å². The quantitative estimate of drug-likeness (QED) is 0.142. The molecule has 0 saturated heterocycles. The Labute approximate surface area is 356 Å². The molecule has 0 N–H and O–H groups in total. The van der Waals surface area contributed by atoms with Crippen molar-refractivity contribution in [2.75, 3.05) is 9.80 Å². The van der Waals surface area contributed by atoms with Crippen molar-refractivity contribution in [3.05, 3.63) is 217 Å². The summed E-state index contributed by atoms with van der Waals surface area (Å²) in [5.74, 6) is 0. The van der Waals surface area contributed by atoms with E-state index in [0.717, 1.165) is 34.1 Å². The van der Waals surface area contributed by atoms with Gasteiger partial charge in [0.05, 0.1) is 0 Å². The molecule has 0 saturated carbocycles. The number of anilines is 6. The maximum atomic E-state index is 2.36. The van der Waals surface area contributed by atoms with Gasteiger partial charge in [-0.2, -0.15) is 0 Å². The van der Waals surface area contributed by atoms with Crippen LogP contribution in [0.1, 0.15) is 52.7 Å². The molecule has 0 aliphatic rings. The van der Waals surface area contributed by atoms with Crippen LogP contribution in [-0.4, -0.2) is 0 Å². The summed E-state index contributed by atoms with van der Waals surface area (Å²) in [4.78, 5) is 4.71. The van der Waals surface area contributed by atoms with Crippen LogP contribution < -0.4 is 9.80 Å². The maximum absolute atomic E-state index is 2.36. The van der Waals surface area contributed by atoms with Crippen molar-refractivity contribution in [3.63, 3.8) is 0 Å². The summed E-state index contributed by atoms with van der Waals surface area (Å²) in [6.07, 6.45) is 0. The van der Waals surface area contributed by atoms with Crippen molar-refractivity contribution in [2.24, 2.45) is 0 Å². The third kappa shape index (κ3) is 7.46. The zero-order valence-corrected chi connectivity index (χ0v) is 35.5. The normalized spacial score (nSPS) is 11.8. The smallest absolute Gasteiger partial charge is 0.0463 e. The van der Waals surface area contributed by atoms with Gasteiger partial charge in [-0.15, -0.1) is 0 Å². The van der Waals surface area contributed by atoms with E-state index in [-0.39, 0.29) is 10.8 Å². The summed E-state index contributed by atoms with van der Waals surface area (Å²) in [7, 11) is 0. The van der Waals surface area contributed by atoms with Crippen molar-refractivity contribution < 1.29 is 0 Å². The summed E-state index contributed by atoms with van der Waals surface area (Å²) in [6, 6.07) is 75.4. The second kappa shape index (κ2) is 15.7.